The van der Waals surface area contributed by atoms with E-state index < -0.39 is 6.29 Å². The normalized spacial score (nSPS) is 22.2. The molecule has 2 heterocycles. The van der Waals surface area contributed by atoms with Crippen molar-refractivity contribution in [2.45, 2.75) is 50.2 Å². The minimum absolute atomic E-state index is 0.00184. The first-order valence-electron chi connectivity index (χ1n) is 12.7. The lowest BCUT2D eigenvalue weighted by atomic mass is 9.75. The van der Waals surface area contributed by atoms with E-state index >= 15 is 0 Å². The van der Waals surface area contributed by atoms with E-state index in [1.54, 1.807) is 0 Å². The highest BCUT2D eigenvalue weighted by atomic mass is 16.6. The number of fused-ring (bicyclic) bond motifs is 1. The van der Waals surface area contributed by atoms with E-state index in [1.165, 1.54) is 45.3 Å². The number of aliphatic hydroxyl groups is 1. The van der Waals surface area contributed by atoms with Gasteiger partial charge in [0, 0.05) is 11.5 Å². The maximum Gasteiger partial charge on any atom is 0.205 e. The van der Waals surface area contributed by atoms with Crippen molar-refractivity contribution in [2.75, 3.05) is 26.2 Å². The fourth-order valence-electron chi connectivity index (χ4n) is 5.41. The Kier molecular flexibility index (Phi) is 7.47. The van der Waals surface area contributed by atoms with Crippen LogP contribution in [0.4, 0.5) is 0 Å². The van der Waals surface area contributed by atoms with Crippen molar-refractivity contribution in [3.63, 3.8) is 0 Å². The molecule has 4 heteroatoms. The van der Waals surface area contributed by atoms with Gasteiger partial charge in [-0.2, -0.15) is 0 Å². The Hall–Kier alpha value is -2.82. The molecule has 0 spiro atoms. The summed E-state index contributed by atoms with van der Waals surface area (Å²) in [7, 11) is 0. The summed E-state index contributed by atoms with van der Waals surface area (Å²) in [6.45, 7) is 4.55. The van der Waals surface area contributed by atoms with Crippen LogP contribution in [0.2, 0.25) is 0 Å². The van der Waals surface area contributed by atoms with Gasteiger partial charge in [0.1, 0.15) is 11.5 Å². The number of unbranched alkanes of at least 4 members (excludes halogenated alkanes) is 2. The van der Waals surface area contributed by atoms with Crippen LogP contribution >= 0.6 is 0 Å². The van der Waals surface area contributed by atoms with Gasteiger partial charge < -0.3 is 19.5 Å². The van der Waals surface area contributed by atoms with Gasteiger partial charge in [-0.25, -0.2) is 0 Å². The van der Waals surface area contributed by atoms with Crippen LogP contribution in [0, 0.1) is 0 Å². The van der Waals surface area contributed by atoms with Gasteiger partial charge in [-0.3, -0.25) is 0 Å². The van der Waals surface area contributed by atoms with Crippen LogP contribution in [0.3, 0.4) is 0 Å². The molecule has 1 fully saturated rings. The maximum absolute atomic E-state index is 11.0. The third kappa shape index (κ3) is 5.29. The molecular formula is C30H35NO3. The summed E-state index contributed by atoms with van der Waals surface area (Å²) >= 11 is 0. The standard InChI is InChI=1S/C30H35NO3/c32-30-29(23-11-3-1-4-12-23)28(26-13-5-6-14-27(26)34-30)24-15-17-25(18-16-24)33-22-10-2-7-19-31-20-8-9-21-31/h1,3-6,11-18,28-30,32H,2,7-10,19-22H2. The molecule has 1 saturated heterocycles. The predicted octanol–water partition coefficient (Wildman–Crippen LogP) is 5.96. The molecule has 0 bridgehead atoms. The Labute approximate surface area is 203 Å². The summed E-state index contributed by atoms with van der Waals surface area (Å²) in [5, 5.41) is 11.0. The first-order chi connectivity index (χ1) is 16.8. The summed E-state index contributed by atoms with van der Waals surface area (Å²) in [6.07, 6.45) is 5.38. The molecule has 3 aromatic carbocycles. The zero-order valence-electron chi connectivity index (χ0n) is 19.8. The fourth-order valence-corrected chi connectivity index (χ4v) is 5.41. The molecule has 3 atom stereocenters. The number of hydrogen-bond donors (Lipinski definition) is 1. The molecular weight excluding hydrogens is 422 g/mol. The Morgan fingerprint density at radius 2 is 1.53 bits per heavy atom. The van der Waals surface area contributed by atoms with Crippen LogP contribution in [0.25, 0.3) is 0 Å². The van der Waals surface area contributed by atoms with Crippen molar-refractivity contribution in [3.8, 4) is 11.5 Å². The van der Waals surface area contributed by atoms with Gasteiger partial charge in [0.25, 0.3) is 0 Å². The smallest absolute Gasteiger partial charge is 0.205 e. The number of para-hydroxylation sites is 1. The topological polar surface area (TPSA) is 41.9 Å². The third-order valence-corrected chi connectivity index (χ3v) is 7.18. The van der Waals surface area contributed by atoms with Crippen molar-refractivity contribution in [1.82, 2.24) is 4.90 Å². The van der Waals surface area contributed by atoms with Gasteiger partial charge in [-0.15, -0.1) is 0 Å². The van der Waals surface area contributed by atoms with Crippen LogP contribution in [0.5, 0.6) is 11.5 Å². The maximum atomic E-state index is 11.0. The lowest BCUT2D eigenvalue weighted by molar-refractivity contribution is -0.0530. The first kappa shape index (κ1) is 22.9. The van der Waals surface area contributed by atoms with E-state index in [2.05, 4.69) is 47.4 Å². The van der Waals surface area contributed by atoms with Gasteiger partial charge in [0.2, 0.25) is 6.29 Å². The average molecular weight is 458 g/mol. The molecule has 1 N–H and O–H groups in total. The molecule has 4 nitrogen and oxygen atoms in total. The molecule has 2 aliphatic heterocycles. The van der Waals surface area contributed by atoms with Crippen LogP contribution in [-0.2, 0) is 0 Å². The second-order valence-electron chi connectivity index (χ2n) is 9.49. The van der Waals surface area contributed by atoms with Crippen molar-refractivity contribution >= 4 is 0 Å². The SMILES string of the molecule is OC1Oc2ccccc2C(c2ccc(OCCCCCN3CCCC3)cc2)C1c1ccccc1. The van der Waals surface area contributed by atoms with Gasteiger partial charge in [0.15, 0.2) is 0 Å². The van der Waals surface area contributed by atoms with E-state index in [9.17, 15) is 5.11 Å². The predicted molar refractivity (Wildman–Crippen MR) is 136 cm³/mol. The summed E-state index contributed by atoms with van der Waals surface area (Å²) in [5.41, 5.74) is 3.33. The molecule has 2 aliphatic rings. The largest absolute Gasteiger partial charge is 0.494 e. The fraction of sp³-hybridized carbons (Fsp3) is 0.400. The number of benzene rings is 3. The third-order valence-electron chi connectivity index (χ3n) is 7.18. The second kappa shape index (κ2) is 11.1. The van der Waals surface area contributed by atoms with Crippen molar-refractivity contribution in [1.29, 1.82) is 0 Å². The average Bonchev–Trinajstić information content (AvgIpc) is 3.40. The van der Waals surface area contributed by atoms with Crippen molar-refractivity contribution in [2.24, 2.45) is 0 Å². The Balaban J connectivity index is 1.25. The van der Waals surface area contributed by atoms with Gasteiger partial charge in [0.05, 0.1) is 12.5 Å². The highest BCUT2D eigenvalue weighted by Crippen LogP contribution is 2.48. The number of likely N-dealkylation sites (tertiary alicyclic amines) is 1. The molecule has 0 radical (unpaired) electrons. The Morgan fingerprint density at radius 3 is 2.32 bits per heavy atom. The summed E-state index contributed by atoms with van der Waals surface area (Å²) in [4.78, 5) is 2.58. The van der Waals surface area contributed by atoms with E-state index in [4.69, 9.17) is 9.47 Å². The zero-order valence-corrected chi connectivity index (χ0v) is 19.8. The molecule has 0 saturated carbocycles. The number of rotatable bonds is 9. The van der Waals surface area contributed by atoms with Gasteiger partial charge in [-0.1, -0.05) is 60.7 Å². The molecule has 3 unspecified atom stereocenters. The van der Waals surface area contributed by atoms with Crippen LogP contribution in [0.1, 0.15) is 60.6 Å². The lowest BCUT2D eigenvalue weighted by Gasteiger charge is -2.37. The summed E-state index contributed by atoms with van der Waals surface area (Å²) in [6, 6.07) is 26.6. The second-order valence-corrected chi connectivity index (χ2v) is 9.49. The lowest BCUT2D eigenvalue weighted by Crippen LogP contribution is -2.34. The summed E-state index contributed by atoms with van der Waals surface area (Å²) < 4.78 is 12.0. The van der Waals surface area contributed by atoms with E-state index in [0.29, 0.717) is 0 Å². The van der Waals surface area contributed by atoms with Gasteiger partial charge >= 0.3 is 0 Å². The highest BCUT2D eigenvalue weighted by Gasteiger charge is 2.39. The van der Waals surface area contributed by atoms with Gasteiger partial charge in [-0.05, 0) is 81.1 Å². The van der Waals surface area contributed by atoms with Crippen LogP contribution in [0.15, 0.2) is 78.9 Å². The van der Waals surface area contributed by atoms with E-state index in [-0.39, 0.29) is 11.8 Å². The molecule has 178 valence electrons. The van der Waals surface area contributed by atoms with Crippen molar-refractivity contribution < 1.29 is 14.6 Å². The minimum atomic E-state index is -0.904. The van der Waals surface area contributed by atoms with Crippen molar-refractivity contribution in [3.05, 3.63) is 95.6 Å². The van der Waals surface area contributed by atoms with Crippen LogP contribution < -0.4 is 9.47 Å². The number of nitrogens with zero attached hydrogens (tertiary/aromatic N) is 1. The highest BCUT2D eigenvalue weighted by molar-refractivity contribution is 5.48. The number of ether oxygens (including phenoxy) is 2. The van der Waals surface area contributed by atoms with E-state index in [1.807, 2.05) is 36.4 Å². The number of hydrogen-bond acceptors (Lipinski definition) is 4. The molecule has 0 amide bonds. The quantitative estimate of drug-likeness (QED) is 0.403. The van der Waals surface area contributed by atoms with E-state index in [0.717, 1.165) is 41.2 Å². The Bertz CT molecular complexity index is 1030. The first-order valence-corrected chi connectivity index (χ1v) is 12.7. The molecule has 3 aromatic rings. The molecule has 5 rings (SSSR count). The minimum Gasteiger partial charge on any atom is -0.494 e. The zero-order chi connectivity index (χ0) is 23.2. The molecule has 34 heavy (non-hydrogen) atoms. The van der Waals surface area contributed by atoms with Crippen LogP contribution in [-0.4, -0.2) is 42.5 Å². The summed E-state index contributed by atoms with van der Waals surface area (Å²) in [5.74, 6) is 1.47. The Morgan fingerprint density at radius 1 is 0.794 bits per heavy atom. The molecule has 0 aliphatic carbocycles. The number of aliphatic hydroxyl groups excluding tert-OH is 1. The molecule has 0 aromatic heterocycles. The monoisotopic (exact) mass is 457 g/mol.